The SMILES string of the molecule is CC(C)CCC[C@@H](C)[C@@]1(C)CCC2C3CC=C4C[C@@H](OCCOCCOCCO[C@@H]5O[C@@H](C)[C@H](O)[C@@H](O)[C@H]5O)CC[C@]4(C)C3CC[C@@]21C. The molecular formula is C40H70O8. The topological polar surface area (TPSA) is 107 Å². The molecule has 4 aliphatic carbocycles. The van der Waals surface area contributed by atoms with Gasteiger partial charge in [0.15, 0.2) is 6.29 Å². The summed E-state index contributed by atoms with van der Waals surface area (Å²) in [7, 11) is 0. The minimum Gasteiger partial charge on any atom is -0.388 e. The van der Waals surface area contributed by atoms with E-state index in [4.69, 9.17) is 23.7 Å². The number of aliphatic hydroxyl groups excluding tert-OH is 3. The van der Waals surface area contributed by atoms with Gasteiger partial charge in [-0.05, 0) is 104 Å². The molecule has 1 heterocycles. The zero-order valence-corrected chi connectivity index (χ0v) is 31.3. The van der Waals surface area contributed by atoms with Crippen molar-refractivity contribution in [2.24, 2.45) is 45.8 Å². The number of hydrogen-bond donors (Lipinski definition) is 3. The van der Waals surface area contributed by atoms with E-state index in [1.807, 2.05) is 0 Å². The van der Waals surface area contributed by atoms with Crippen LogP contribution in [0.15, 0.2) is 11.6 Å². The van der Waals surface area contributed by atoms with E-state index in [1.54, 1.807) is 12.5 Å². The molecule has 0 radical (unpaired) electrons. The lowest BCUT2D eigenvalue weighted by Crippen LogP contribution is -2.57. The lowest BCUT2D eigenvalue weighted by molar-refractivity contribution is -0.294. The quantitative estimate of drug-likeness (QED) is 0.123. The highest BCUT2D eigenvalue weighted by Gasteiger charge is 2.63. The molecule has 0 aromatic carbocycles. The van der Waals surface area contributed by atoms with Gasteiger partial charge in [0.25, 0.3) is 0 Å². The molecule has 0 aromatic rings. The molecule has 48 heavy (non-hydrogen) atoms. The molecule has 0 aromatic heterocycles. The van der Waals surface area contributed by atoms with Gasteiger partial charge in [0, 0.05) is 0 Å². The Morgan fingerprint density at radius 1 is 0.792 bits per heavy atom. The van der Waals surface area contributed by atoms with Crippen LogP contribution in [0.5, 0.6) is 0 Å². The molecule has 8 heteroatoms. The smallest absolute Gasteiger partial charge is 0.186 e. The normalized spacial score (nSPS) is 43.4. The molecule has 3 unspecified atom stereocenters. The number of allylic oxidation sites excluding steroid dienone is 1. The van der Waals surface area contributed by atoms with Gasteiger partial charge in [0.05, 0.1) is 51.8 Å². The van der Waals surface area contributed by atoms with E-state index in [9.17, 15) is 15.3 Å². The maximum atomic E-state index is 10.0. The van der Waals surface area contributed by atoms with Gasteiger partial charge in [-0.15, -0.1) is 0 Å². The Morgan fingerprint density at radius 3 is 2.17 bits per heavy atom. The first-order valence-electron chi connectivity index (χ1n) is 19.6. The predicted octanol–water partition coefficient (Wildman–Crippen LogP) is 6.68. The van der Waals surface area contributed by atoms with Crippen LogP contribution in [0.4, 0.5) is 0 Å². The number of hydrogen-bond acceptors (Lipinski definition) is 8. The zero-order chi connectivity index (χ0) is 34.7. The van der Waals surface area contributed by atoms with E-state index in [0.717, 1.165) is 42.4 Å². The Kier molecular flexibility index (Phi) is 13.2. The summed E-state index contributed by atoms with van der Waals surface area (Å²) in [5.74, 6) is 4.17. The summed E-state index contributed by atoms with van der Waals surface area (Å²) < 4.78 is 28.6. The fourth-order valence-electron chi connectivity index (χ4n) is 11.0. The maximum absolute atomic E-state index is 10.0. The zero-order valence-electron chi connectivity index (χ0n) is 31.3. The number of rotatable bonds is 16. The Hall–Kier alpha value is -0.580. The molecule has 278 valence electrons. The minimum atomic E-state index is -1.30. The second-order valence-corrected chi connectivity index (χ2v) is 17.4. The van der Waals surface area contributed by atoms with Crippen molar-refractivity contribution < 1.29 is 39.0 Å². The molecule has 5 rings (SSSR count). The Balaban J connectivity index is 0.993. The Morgan fingerprint density at radius 2 is 1.46 bits per heavy atom. The van der Waals surface area contributed by atoms with Gasteiger partial charge in [-0.3, -0.25) is 0 Å². The second kappa shape index (κ2) is 16.4. The van der Waals surface area contributed by atoms with Gasteiger partial charge in [0.1, 0.15) is 18.3 Å². The van der Waals surface area contributed by atoms with Crippen molar-refractivity contribution in [2.45, 2.75) is 156 Å². The van der Waals surface area contributed by atoms with Crippen molar-refractivity contribution in [3.8, 4) is 0 Å². The van der Waals surface area contributed by atoms with Crippen LogP contribution < -0.4 is 0 Å². The summed E-state index contributed by atoms with van der Waals surface area (Å²) in [6, 6.07) is 0. The van der Waals surface area contributed by atoms with Crippen molar-refractivity contribution in [3.05, 3.63) is 11.6 Å². The maximum Gasteiger partial charge on any atom is 0.186 e. The molecule has 1 saturated heterocycles. The summed E-state index contributed by atoms with van der Waals surface area (Å²) in [6.45, 7) is 19.5. The molecule has 13 atom stereocenters. The van der Waals surface area contributed by atoms with Crippen LogP contribution in [-0.4, -0.2) is 91.8 Å². The lowest BCUT2D eigenvalue weighted by atomic mass is 9.44. The van der Waals surface area contributed by atoms with Crippen LogP contribution in [0.3, 0.4) is 0 Å². The average Bonchev–Trinajstić information content (AvgIpc) is 3.34. The van der Waals surface area contributed by atoms with Crippen LogP contribution in [0.25, 0.3) is 0 Å². The third-order valence-electron chi connectivity index (χ3n) is 14.5. The van der Waals surface area contributed by atoms with E-state index in [-0.39, 0.29) is 12.7 Å². The largest absolute Gasteiger partial charge is 0.388 e. The van der Waals surface area contributed by atoms with Crippen LogP contribution in [0, 0.1) is 45.8 Å². The first-order valence-corrected chi connectivity index (χ1v) is 19.6. The fraction of sp³-hybridized carbons (Fsp3) is 0.950. The van der Waals surface area contributed by atoms with Gasteiger partial charge < -0.3 is 39.0 Å². The van der Waals surface area contributed by atoms with E-state index >= 15 is 0 Å². The summed E-state index contributed by atoms with van der Waals surface area (Å²) in [4.78, 5) is 0. The standard InChI is InChI=1S/C40H70O8/c1-26(2)9-8-10-27(3)39(6)17-15-33-31-12-11-29-25-30(13-16-38(29,5)32(31)14-18-40(33,39)7)46-23-21-44-19-20-45-22-24-47-37-36(43)35(42)34(41)28(4)48-37/h11,26-28,30-37,41-43H,8-10,12-25H2,1-7H3/t27-,28+,30+,31?,32?,33?,34+,35-,36-,37-,38+,39-,40+/m1/s1. The molecule has 3 N–H and O–H groups in total. The van der Waals surface area contributed by atoms with Gasteiger partial charge in [0.2, 0.25) is 0 Å². The molecule has 5 aliphatic rings. The van der Waals surface area contributed by atoms with E-state index in [1.165, 1.54) is 57.8 Å². The minimum absolute atomic E-state index is 0.204. The van der Waals surface area contributed by atoms with Gasteiger partial charge in [-0.25, -0.2) is 0 Å². The van der Waals surface area contributed by atoms with Crippen LogP contribution in [0.2, 0.25) is 0 Å². The monoisotopic (exact) mass is 679 g/mol. The average molecular weight is 679 g/mol. The summed E-state index contributed by atoms with van der Waals surface area (Å²) in [5.41, 5.74) is 2.97. The number of fused-ring (bicyclic) bond motifs is 5. The van der Waals surface area contributed by atoms with Crippen molar-refractivity contribution in [1.82, 2.24) is 0 Å². The van der Waals surface area contributed by atoms with Gasteiger partial charge >= 0.3 is 0 Å². The van der Waals surface area contributed by atoms with Crippen molar-refractivity contribution >= 4 is 0 Å². The molecule has 3 saturated carbocycles. The van der Waals surface area contributed by atoms with Crippen molar-refractivity contribution in [2.75, 3.05) is 39.6 Å². The molecule has 8 nitrogen and oxygen atoms in total. The molecule has 0 amide bonds. The molecule has 1 aliphatic heterocycles. The highest BCUT2D eigenvalue weighted by Crippen LogP contribution is 2.71. The Labute approximate surface area is 291 Å². The lowest BCUT2D eigenvalue weighted by Gasteiger charge is -2.60. The van der Waals surface area contributed by atoms with E-state index in [2.05, 4.69) is 47.6 Å². The number of aliphatic hydroxyl groups is 3. The predicted molar refractivity (Wildman–Crippen MR) is 187 cm³/mol. The first kappa shape index (κ1) is 38.6. The van der Waals surface area contributed by atoms with E-state index in [0.29, 0.717) is 49.3 Å². The molecule has 4 fully saturated rings. The molecule has 0 bridgehead atoms. The van der Waals surface area contributed by atoms with Gasteiger partial charge in [-0.2, -0.15) is 0 Å². The third kappa shape index (κ3) is 7.91. The molecule has 0 spiro atoms. The van der Waals surface area contributed by atoms with Crippen molar-refractivity contribution in [3.63, 3.8) is 0 Å². The highest BCUT2D eigenvalue weighted by molar-refractivity contribution is 5.26. The highest BCUT2D eigenvalue weighted by atomic mass is 16.7. The van der Waals surface area contributed by atoms with Gasteiger partial charge in [-0.1, -0.05) is 72.5 Å². The third-order valence-corrected chi connectivity index (χ3v) is 14.5. The molecular weight excluding hydrogens is 608 g/mol. The second-order valence-electron chi connectivity index (χ2n) is 17.4. The summed E-state index contributed by atoms with van der Waals surface area (Å²) in [5, 5.41) is 29.7. The first-order chi connectivity index (χ1) is 22.8. The van der Waals surface area contributed by atoms with Crippen LogP contribution in [-0.2, 0) is 23.7 Å². The van der Waals surface area contributed by atoms with Crippen LogP contribution >= 0.6 is 0 Å². The number of ether oxygens (including phenoxy) is 5. The van der Waals surface area contributed by atoms with Crippen molar-refractivity contribution in [1.29, 1.82) is 0 Å². The summed E-state index contributed by atoms with van der Waals surface area (Å²) >= 11 is 0. The van der Waals surface area contributed by atoms with Crippen LogP contribution in [0.1, 0.15) is 119 Å². The fourth-order valence-corrected chi connectivity index (χ4v) is 11.0. The Bertz CT molecular complexity index is 1050. The summed E-state index contributed by atoms with van der Waals surface area (Å²) in [6.07, 6.45) is 12.1. The van der Waals surface area contributed by atoms with E-state index < -0.39 is 30.7 Å².